The number of anilines is 2. The molecule has 4 aromatic rings. The lowest BCUT2D eigenvalue weighted by atomic mass is 10.3. The molecule has 9 heteroatoms. The monoisotopic (exact) mass is 375 g/mol. The number of nitrogens with zero attached hydrogens (tertiary/aromatic N) is 8. The molecule has 0 bridgehead atoms. The van der Waals surface area contributed by atoms with Gasteiger partial charge < -0.3 is 14.8 Å². The molecule has 0 aliphatic carbocycles. The zero-order chi connectivity index (χ0) is 19.1. The highest BCUT2D eigenvalue weighted by Gasteiger charge is 2.21. The van der Waals surface area contributed by atoms with Crippen molar-refractivity contribution >= 4 is 22.7 Å². The Labute approximate surface area is 162 Å². The number of aromatic nitrogens is 7. The average molecular weight is 375 g/mol. The number of aryl methyl sites for hydroxylation is 2. The molecule has 0 atom stereocenters. The van der Waals surface area contributed by atoms with E-state index in [2.05, 4.69) is 46.1 Å². The van der Waals surface area contributed by atoms with E-state index in [0.29, 0.717) is 0 Å². The van der Waals surface area contributed by atoms with E-state index >= 15 is 0 Å². The summed E-state index contributed by atoms with van der Waals surface area (Å²) in [7, 11) is 0. The highest BCUT2D eigenvalue weighted by Crippen LogP contribution is 2.24. The molecule has 5 rings (SSSR count). The lowest BCUT2D eigenvalue weighted by Crippen LogP contribution is -2.47. The summed E-state index contributed by atoms with van der Waals surface area (Å²) in [5.41, 5.74) is 4.02. The molecular formula is C19H21N9. The second kappa shape index (κ2) is 6.59. The van der Waals surface area contributed by atoms with Gasteiger partial charge in [-0.3, -0.25) is 0 Å². The van der Waals surface area contributed by atoms with Crippen LogP contribution in [0.4, 0.5) is 11.6 Å². The summed E-state index contributed by atoms with van der Waals surface area (Å²) < 4.78 is 1.74. The van der Waals surface area contributed by atoms with Crippen molar-refractivity contribution < 1.29 is 0 Å². The second-order valence-electron chi connectivity index (χ2n) is 7.04. The van der Waals surface area contributed by atoms with Crippen molar-refractivity contribution in [2.75, 3.05) is 36.0 Å². The van der Waals surface area contributed by atoms with Gasteiger partial charge in [0.1, 0.15) is 11.8 Å². The van der Waals surface area contributed by atoms with Crippen molar-refractivity contribution in [1.29, 1.82) is 0 Å². The molecule has 9 nitrogen and oxygen atoms in total. The van der Waals surface area contributed by atoms with Gasteiger partial charge in [-0.1, -0.05) is 0 Å². The molecule has 1 saturated heterocycles. The lowest BCUT2D eigenvalue weighted by molar-refractivity contribution is 0.637. The molecule has 0 amide bonds. The minimum Gasteiger partial charge on any atom is -0.354 e. The van der Waals surface area contributed by atoms with Gasteiger partial charge >= 0.3 is 0 Å². The number of hydrogen-bond acceptors (Lipinski definition) is 7. The maximum atomic E-state index is 4.52. The zero-order valence-electron chi connectivity index (χ0n) is 15.9. The van der Waals surface area contributed by atoms with E-state index in [1.807, 2.05) is 38.2 Å². The predicted molar refractivity (Wildman–Crippen MR) is 107 cm³/mol. The van der Waals surface area contributed by atoms with Crippen molar-refractivity contribution in [2.24, 2.45) is 0 Å². The summed E-state index contributed by atoms with van der Waals surface area (Å²) in [5.74, 6) is 2.57. The van der Waals surface area contributed by atoms with E-state index in [1.54, 1.807) is 11.0 Å². The van der Waals surface area contributed by atoms with Gasteiger partial charge in [0.25, 0.3) is 0 Å². The average Bonchev–Trinajstić information content (AvgIpc) is 3.33. The van der Waals surface area contributed by atoms with E-state index < -0.39 is 0 Å². The van der Waals surface area contributed by atoms with E-state index in [0.717, 1.165) is 66.1 Å². The first-order valence-corrected chi connectivity index (χ1v) is 9.34. The van der Waals surface area contributed by atoms with Gasteiger partial charge in [0.05, 0.1) is 11.2 Å². The number of H-pyrrole nitrogens is 1. The van der Waals surface area contributed by atoms with Crippen LogP contribution < -0.4 is 9.80 Å². The van der Waals surface area contributed by atoms with Gasteiger partial charge in [0.15, 0.2) is 17.5 Å². The predicted octanol–water partition coefficient (Wildman–Crippen LogP) is 1.88. The molecule has 0 unspecified atom stereocenters. The number of aromatic amines is 1. The third kappa shape index (κ3) is 2.94. The van der Waals surface area contributed by atoms with Crippen LogP contribution in [0.3, 0.4) is 0 Å². The van der Waals surface area contributed by atoms with Gasteiger partial charge in [-0.2, -0.15) is 5.10 Å². The summed E-state index contributed by atoms with van der Waals surface area (Å²) in [5, 5.41) is 13.1. The summed E-state index contributed by atoms with van der Waals surface area (Å²) >= 11 is 0. The van der Waals surface area contributed by atoms with Crippen LogP contribution in [0.1, 0.15) is 11.4 Å². The summed E-state index contributed by atoms with van der Waals surface area (Å²) in [4.78, 5) is 16.8. The minimum atomic E-state index is 0.723. The first kappa shape index (κ1) is 16.7. The summed E-state index contributed by atoms with van der Waals surface area (Å²) in [6, 6.07) is 7.96. The molecule has 1 fully saturated rings. The molecule has 0 radical (unpaired) electrons. The largest absolute Gasteiger partial charge is 0.354 e. The van der Waals surface area contributed by atoms with E-state index in [4.69, 9.17) is 0 Å². The quantitative estimate of drug-likeness (QED) is 0.584. The molecule has 4 aromatic heterocycles. The smallest absolute Gasteiger partial charge is 0.175 e. The Morgan fingerprint density at radius 2 is 1.64 bits per heavy atom. The van der Waals surface area contributed by atoms with Crippen LogP contribution in [0.5, 0.6) is 0 Å². The minimum absolute atomic E-state index is 0.723. The van der Waals surface area contributed by atoms with E-state index in [9.17, 15) is 0 Å². The van der Waals surface area contributed by atoms with Crippen molar-refractivity contribution in [2.45, 2.75) is 13.8 Å². The fourth-order valence-corrected chi connectivity index (χ4v) is 3.60. The van der Waals surface area contributed by atoms with Crippen molar-refractivity contribution in [3.05, 3.63) is 48.2 Å². The Hall–Kier alpha value is -3.49. The highest BCUT2D eigenvalue weighted by molar-refractivity contribution is 5.86. The Morgan fingerprint density at radius 1 is 0.893 bits per heavy atom. The first-order chi connectivity index (χ1) is 13.7. The van der Waals surface area contributed by atoms with Crippen LogP contribution in [0.15, 0.2) is 36.8 Å². The molecule has 1 N–H and O–H groups in total. The summed E-state index contributed by atoms with van der Waals surface area (Å²) in [6.45, 7) is 7.45. The third-order valence-corrected chi connectivity index (χ3v) is 5.03. The van der Waals surface area contributed by atoms with Crippen molar-refractivity contribution in [1.82, 2.24) is 34.9 Å². The molecule has 0 spiro atoms. The van der Waals surface area contributed by atoms with Crippen LogP contribution in [-0.2, 0) is 0 Å². The number of fused-ring (bicyclic) bond motifs is 1. The van der Waals surface area contributed by atoms with Crippen LogP contribution in [0.25, 0.3) is 16.9 Å². The molecule has 1 aliphatic heterocycles. The Morgan fingerprint density at radius 3 is 2.36 bits per heavy atom. The first-order valence-electron chi connectivity index (χ1n) is 9.34. The van der Waals surface area contributed by atoms with E-state index in [-0.39, 0.29) is 0 Å². The fourth-order valence-electron chi connectivity index (χ4n) is 3.60. The summed E-state index contributed by atoms with van der Waals surface area (Å²) in [6.07, 6.45) is 3.53. The molecule has 142 valence electrons. The van der Waals surface area contributed by atoms with Gasteiger partial charge in [-0.05, 0) is 38.1 Å². The van der Waals surface area contributed by atoms with Crippen LogP contribution in [0, 0.1) is 13.8 Å². The molecule has 0 saturated carbocycles. The number of nitrogens with one attached hydrogen (secondary N) is 1. The normalized spacial score (nSPS) is 14.8. The van der Waals surface area contributed by atoms with Gasteiger partial charge in [0, 0.05) is 38.1 Å². The SMILES string of the molecule is Cc1ccn(-c2ccc(N3CCN(c4ncnc5cc(C)[nH]c45)CC3)nn2)n1. The fraction of sp³-hybridized carbons (Fsp3) is 0.316. The standard InChI is InChI=1S/C19H21N9/c1-13-5-6-28(25-13)17-4-3-16(23-24-17)26-7-9-27(10-8-26)19-18-15(20-12-21-19)11-14(2)22-18/h3-6,11-12,22H,7-10H2,1-2H3. The maximum Gasteiger partial charge on any atom is 0.175 e. The van der Waals surface area contributed by atoms with Gasteiger partial charge in [0.2, 0.25) is 0 Å². The topological polar surface area (TPSA) is 91.7 Å². The van der Waals surface area contributed by atoms with Gasteiger partial charge in [-0.15, -0.1) is 10.2 Å². The van der Waals surface area contributed by atoms with E-state index in [1.165, 1.54) is 0 Å². The third-order valence-electron chi connectivity index (χ3n) is 5.03. The Kier molecular flexibility index (Phi) is 3.92. The van der Waals surface area contributed by atoms with Crippen LogP contribution in [0.2, 0.25) is 0 Å². The molecule has 1 aliphatic rings. The number of hydrogen-bond donors (Lipinski definition) is 1. The van der Waals surface area contributed by atoms with Crippen LogP contribution >= 0.6 is 0 Å². The number of piperazine rings is 1. The number of rotatable bonds is 3. The van der Waals surface area contributed by atoms with Crippen molar-refractivity contribution in [3.8, 4) is 5.82 Å². The Balaban J connectivity index is 1.30. The molecule has 0 aromatic carbocycles. The Bertz CT molecular complexity index is 1100. The highest BCUT2D eigenvalue weighted by atomic mass is 15.4. The molecule has 28 heavy (non-hydrogen) atoms. The van der Waals surface area contributed by atoms with Crippen molar-refractivity contribution in [3.63, 3.8) is 0 Å². The maximum absolute atomic E-state index is 4.52. The second-order valence-corrected chi connectivity index (χ2v) is 7.04. The van der Waals surface area contributed by atoms with Crippen LogP contribution in [-0.4, -0.2) is 61.1 Å². The van der Waals surface area contributed by atoms with Gasteiger partial charge in [-0.25, -0.2) is 14.6 Å². The molecular weight excluding hydrogens is 354 g/mol. The lowest BCUT2D eigenvalue weighted by Gasteiger charge is -2.35. The zero-order valence-corrected chi connectivity index (χ0v) is 15.9. The molecule has 5 heterocycles.